The molecule has 2 heterocycles. The molecule has 0 aliphatic carbocycles. The fourth-order valence-corrected chi connectivity index (χ4v) is 3.91. The molecule has 7 heteroatoms. The first-order valence-electron chi connectivity index (χ1n) is 11.0. The minimum Gasteiger partial charge on any atom is -0.472 e. The molecule has 0 radical (unpaired) electrons. The molecular formula is C25H32FN3O3. The van der Waals surface area contributed by atoms with Crippen LogP contribution in [-0.2, 0) is 6.54 Å². The Bertz CT molecular complexity index is 965. The number of carbonyl (C=O) groups excluding carboxylic acids is 1. The molecule has 0 saturated heterocycles. The zero-order valence-corrected chi connectivity index (χ0v) is 19.2. The molecule has 3 rings (SSSR count). The molecule has 0 unspecified atom stereocenters. The van der Waals surface area contributed by atoms with E-state index in [0.717, 1.165) is 5.56 Å². The molecule has 0 bridgehead atoms. The van der Waals surface area contributed by atoms with Gasteiger partial charge in [0.2, 0.25) is 5.88 Å². The molecule has 1 N–H and O–H groups in total. The van der Waals surface area contributed by atoms with Crippen LogP contribution in [-0.4, -0.2) is 64.7 Å². The van der Waals surface area contributed by atoms with Crippen molar-refractivity contribution in [1.29, 1.82) is 0 Å². The molecule has 2 aromatic rings. The van der Waals surface area contributed by atoms with E-state index in [1.54, 1.807) is 29.3 Å². The van der Waals surface area contributed by atoms with Crippen LogP contribution in [0.25, 0.3) is 6.08 Å². The fraction of sp³-hybridized carbons (Fsp3) is 0.440. The third-order valence-corrected chi connectivity index (χ3v) is 5.79. The second-order valence-corrected chi connectivity index (χ2v) is 8.53. The van der Waals surface area contributed by atoms with Gasteiger partial charge in [0.15, 0.2) is 0 Å². The lowest BCUT2D eigenvalue weighted by atomic mass is 9.99. The number of carbonyl (C=O) groups is 1. The van der Waals surface area contributed by atoms with Gasteiger partial charge in [-0.2, -0.15) is 0 Å². The first kappa shape index (κ1) is 23.9. The van der Waals surface area contributed by atoms with Gasteiger partial charge in [-0.05, 0) is 38.6 Å². The lowest BCUT2D eigenvalue weighted by molar-refractivity contribution is 0.0324. The Labute approximate surface area is 189 Å². The van der Waals surface area contributed by atoms with Crippen LogP contribution in [0.5, 0.6) is 5.88 Å². The maximum atomic E-state index is 14.1. The molecule has 1 aromatic heterocycles. The molecule has 6 nitrogen and oxygen atoms in total. The number of pyridine rings is 1. The summed E-state index contributed by atoms with van der Waals surface area (Å²) in [5.41, 5.74) is 1.81. The van der Waals surface area contributed by atoms with Crippen LogP contribution >= 0.6 is 0 Å². The van der Waals surface area contributed by atoms with Gasteiger partial charge in [-0.15, -0.1) is 0 Å². The zero-order chi connectivity index (χ0) is 23.3. The van der Waals surface area contributed by atoms with Crippen molar-refractivity contribution in [2.45, 2.75) is 39.5 Å². The van der Waals surface area contributed by atoms with Crippen molar-refractivity contribution < 1.29 is 19.0 Å². The number of amides is 1. The summed E-state index contributed by atoms with van der Waals surface area (Å²) in [6, 6.07) is 8.18. The summed E-state index contributed by atoms with van der Waals surface area (Å²) < 4.78 is 20.4. The van der Waals surface area contributed by atoms with E-state index >= 15 is 0 Å². The monoisotopic (exact) mass is 441 g/mol. The van der Waals surface area contributed by atoms with Crippen LogP contribution in [0.4, 0.5) is 4.39 Å². The summed E-state index contributed by atoms with van der Waals surface area (Å²) in [5.74, 6) is -0.177. The molecular weight excluding hydrogens is 409 g/mol. The van der Waals surface area contributed by atoms with Crippen LogP contribution < -0.4 is 4.74 Å². The molecule has 0 spiro atoms. The number of aromatic nitrogens is 1. The van der Waals surface area contributed by atoms with Crippen LogP contribution in [0.2, 0.25) is 0 Å². The highest BCUT2D eigenvalue weighted by Gasteiger charge is 2.34. The maximum absolute atomic E-state index is 14.1. The first-order valence-corrected chi connectivity index (χ1v) is 11.0. The molecule has 1 aliphatic rings. The molecule has 3 atom stereocenters. The topological polar surface area (TPSA) is 65.9 Å². The van der Waals surface area contributed by atoms with Gasteiger partial charge in [0, 0.05) is 37.3 Å². The summed E-state index contributed by atoms with van der Waals surface area (Å²) >= 11 is 0. The van der Waals surface area contributed by atoms with Crippen LogP contribution in [0.15, 0.2) is 42.6 Å². The summed E-state index contributed by atoms with van der Waals surface area (Å²) in [6.45, 7) is 7.03. The van der Waals surface area contributed by atoms with Crippen molar-refractivity contribution in [2.75, 3.05) is 26.7 Å². The van der Waals surface area contributed by atoms with Crippen molar-refractivity contribution in [3.05, 3.63) is 65.1 Å². The quantitative estimate of drug-likeness (QED) is 0.711. The third kappa shape index (κ3) is 5.53. The number of aliphatic hydroxyl groups excluding tert-OH is 1. The Morgan fingerprint density at radius 3 is 2.84 bits per heavy atom. The Hall–Kier alpha value is -2.77. The molecule has 0 saturated carbocycles. The van der Waals surface area contributed by atoms with Crippen molar-refractivity contribution in [2.24, 2.45) is 5.92 Å². The molecule has 172 valence electrons. The number of ether oxygens (including phenoxy) is 1. The van der Waals surface area contributed by atoms with E-state index in [0.29, 0.717) is 30.8 Å². The third-order valence-electron chi connectivity index (χ3n) is 5.79. The normalized spacial score (nSPS) is 20.1. The Morgan fingerprint density at radius 2 is 2.16 bits per heavy atom. The number of allylic oxidation sites excluding steroid dienone is 1. The number of hydrogen-bond acceptors (Lipinski definition) is 5. The number of hydrogen-bond donors (Lipinski definition) is 1. The van der Waals surface area contributed by atoms with Gasteiger partial charge >= 0.3 is 0 Å². The fourth-order valence-electron chi connectivity index (χ4n) is 3.91. The molecule has 1 amide bonds. The Balaban J connectivity index is 1.90. The van der Waals surface area contributed by atoms with Crippen LogP contribution in [0, 0.1) is 11.7 Å². The number of nitrogens with zero attached hydrogens (tertiary/aromatic N) is 3. The predicted molar refractivity (Wildman–Crippen MR) is 123 cm³/mol. The zero-order valence-electron chi connectivity index (χ0n) is 19.2. The van der Waals surface area contributed by atoms with Crippen LogP contribution in [0.1, 0.15) is 42.3 Å². The second kappa shape index (κ2) is 10.7. The van der Waals surface area contributed by atoms with Crippen molar-refractivity contribution in [3.8, 4) is 5.88 Å². The summed E-state index contributed by atoms with van der Waals surface area (Å²) in [5, 5.41) is 9.75. The number of aliphatic hydroxyl groups is 1. The molecule has 32 heavy (non-hydrogen) atoms. The van der Waals surface area contributed by atoms with Crippen molar-refractivity contribution in [1.82, 2.24) is 14.8 Å². The number of rotatable bonds is 7. The molecule has 0 fully saturated rings. The summed E-state index contributed by atoms with van der Waals surface area (Å²) in [6.07, 6.45) is 5.17. The van der Waals surface area contributed by atoms with Crippen molar-refractivity contribution in [3.63, 3.8) is 0 Å². The van der Waals surface area contributed by atoms with E-state index in [2.05, 4.69) is 4.98 Å². The number of halogens is 1. The Kier molecular flexibility index (Phi) is 7.99. The van der Waals surface area contributed by atoms with Gasteiger partial charge in [-0.1, -0.05) is 37.3 Å². The van der Waals surface area contributed by atoms with E-state index in [-0.39, 0.29) is 42.3 Å². The van der Waals surface area contributed by atoms with Crippen LogP contribution in [0.3, 0.4) is 0 Å². The highest BCUT2D eigenvalue weighted by molar-refractivity contribution is 5.97. The van der Waals surface area contributed by atoms with Gasteiger partial charge in [-0.3, -0.25) is 9.69 Å². The second-order valence-electron chi connectivity index (χ2n) is 8.53. The average molecular weight is 442 g/mol. The lowest BCUT2D eigenvalue weighted by Crippen LogP contribution is -2.49. The molecule has 1 aromatic carbocycles. The smallest absolute Gasteiger partial charge is 0.259 e. The van der Waals surface area contributed by atoms with Crippen molar-refractivity contribution >= 4 is 12.0 Å². The largest absolute Gasteiger partial charge is 0.472 e. The number of likely N-dealkylation sites (N-methyl/N-ethyl adjacent to an activating group) is 1. The van der Waals surface area contributed by atoms with Gasteiger partial charge in [0.25, 0.3) is 5.91 Å². The Morgan fingerprint density at radius 1 is 1.41 bits per heavy atom. The van der Waals surface area contributed by atoms with Gasteiger partial charge < -0.3 is 14.7 Å². The number of fused-ring (bicyclic) bond motifs is 1. The van der Waals surface area contributed by atoms with Gasteiger partial charge in [0.05, 0.1) is 12.6 Å². The minimum absolute atomic E-state index is 0.0267. The van der Waals surface area contributed by atoms with Gasteiger partial charge in [0.1, 0.15) is 17.5 Å². The van der Waals surface area contributed by atoms with E-state index < -0.39 is 0 Å². The summed E-state index contributed by atoms with van der Waals surface area (Å²) in [4.78, 5) is 21.5. The van der Waals surface area contributed by atoms with E-state index in [1.165, 1.54) is 6.07 Å². The standard InChI is InChI=1S/C25H32FN3O3/c1-5-8-19-11-21-24(27-12-19)32-23(17(2)13-29(25(21)31)18(3)16-30)15-28(4)14-20-9-6-7-10-22(20)26/h5-12,17-18,23,30H,13-16H2,1-4H3/b8-5+/t17-,18-,23+/m1/s1. The first-order chi connectivity index (χ1) is 15.3. The summed E-state index contributed by atoms with van der Waals surface area (Å²) in [7, 11) is 1.92. The SMILES string of the molecule is C/C=C/c1cnc2c(c1)C(=O)N([C@H](C)CO)C[C@@H](C)[C@H](CN(C)Cc1ccccc1F)O2. The molecule has 1 aliphatic heterocycles. The highest BCUT2D eigenvalue weighted by Crippen LogP contribution is 2.28. The minimum atomic E-state index is -0.335. The maximum Gasteiger partial charge on any atom is 0.259 e. The number of benzene rings is 1. The predicted octanol–water partition coefficient (Wildman–Crippen LogP) is 3.61. The van der Waals surface area contributed by atoms with E-state index in [9.17, 15) is 14.3 Å². The lowest BCUT2D eigenvalue weighted by Gasteiger charge is -2.37. The average Bonchev–Trinajstić information content (AvgIpc) is 2.78. The van der Waals surface area contributed by atoms with E-state index in [4.69, 9.17) is 4.74 Å². The van der Waals surface area contributed by atoms with E-state index in [1.807, 2.05) is 50.9 Å². The van der Waals surface area contributed by atoms with Gasteiger partial charge in [-0.25, -0.2) is 9.37 Å². The highest BCUT2D eigenvalue weighted by atomic mass is 19.1.